The topological polar surface area (TPSA) is 72.5 Å². The van der Waals surface area contributed by atoms with E-state index in [0.717, 1.165) is 6.07 Å². The normalized spacial score (nSPS) is 11.6. The smallest absolute Gasteiger partial charge is 0.422 e. The fraction of sp³-hybridized carbons (Fsp3) is 0.143. The quantitative estimate of drug-likeness (QED) is 0.404. The predicted molar refractivity (Wildman–Crippen MR) is 106 cm³/mol. The Balaban J connectivity index is 1.64. The summed E-state index contributed by atoms with van der Waals surface area (Å²) in [4.78, 5) is 16.0. The molecule has 2 aromatic carbocycles. The lowest BCUT2D eigenvalue weighted by molar-refractivity contribution is -0.158. The van der Waals surface area contributed by atoms with Crippen LogP contribution in [0.5, 0.6) is 17.2 Å². The number of carbonyl (C=O) groups is 1. The Hall–Kier alpha value is -3.96. The van der Waals surface area contributed by atoms with E-state index in [4.69, 9.17) is 4.74 Å². The number of nitrogens with one attached hydrogen (secondary N) is 2. The van der Waals surface area contributed by atoms with Crippen molar-refractivity contribution in [2.24, 2.45) is 0 Å². The predicted octanol–water partition coefficient (Wildman–Crippen LogP) is 6.48. The molecular formula is C21H15F6N3O3. The molecule has 0 saturated carbocycles. The van der Waals surface area contributed by atoms with Crippen molar-refractivity contribution < 1.29 is 40.6 Å². The number of alkyl halides is 6. The summed E-state index contributed by atoms with van der Waals surface area (Å²) in [6, 6.07) is 10.7. The summed E-state index contributed by atoms with van der Waals surface area (Å²) in [6.07, 6.45) is -6.71. The van der Waals surface area contributed by atoms with Crippen molar-refractivity contribution >= 4 is 17.4 Å². The molecule has 0 bridgehead atoms. The summed E-state index contributed by atoms with van der Waals surface area (Å²) in [5.41, 5.74) is -1.44. The van der Waals surface area contributed by atoms with Crippen molar-refractivity contribution in [3.8, 4) is 17.2 Å². The van der Waals surface area contributed by atoms with Gasteiger partial charge in [0.05, 0.1) is 5.56 Å². The zero-order valence-electron chi connectivity index (χ0n) is 16.5. The maximum absolute atomic E-state index is 13.2. The Morgan fingerprint density at radius 3 is 2.00 bits per heavy atom. The maximum Gasteiger partial charge on any atom is 0.422 e. The molecule has 0 spiro atoms. The van der Waals surface area contributed by atoms with Crippen LogP contribution in [0.25, 0.3) is 0 Å². The van der Waals surface area contributed by atoms with Gasteiger partial charge in [0.1, 0.15) is 17.2 Å². The number of halogens is 6. The van der Waals surface area contributed by atoms with Crippen molar-refractivity contribution in [3.63, 3.8) is 0 Å². The number of ether oxygens (including phenoxy) is 2. The summed E-state index contributed by atoms with van der Waals surface area (Å²) in [6.45, 7) is -1.88. The first-order chi connectivity index (χ1) is 15.5. The lowest BCUT2D eigenvalue weighted by Crippen LogP contribution is -2.22. The van der Waals surface area contributed by atoms with Gasteiger partial charge in [0, 0.05) is 23.8 Å². The molecule has 3 aromatic rings. The summed E-state index contributed by atoms with van der Waals surface area (Å²) in [5.74, 6) is 0.0126. The number of hydrogen-bond donors (Lipinski definition) is 2. The summed E-state index contributed by atoms with van der Waals surface area (Å²) in [7, 11) is 0. The van der Waals surface area contributed by atoms with E-state index in [1.165, 1.54) is 12.1 Å². The number of anilines is 2. The van der Waals surface area contributed by atoms with E-state index in [9.17, 15) is 31.1 Å². The highest BCUT2D eigenvalue weighted by atomic mass is 19.4. The SMILES string of the molecule is O=C(Nc1ccc(Oc2ccncc2)cc1)Nc1ccc(OCC(F)(F)F)c(C(F)(F)F)c1. The van der Waals surface area contributed by atoms with Crippen molar-refractivity contribution in [3.05, 3.63) is 72.6 Å². The highest BCUT2D eigenvalue weighted by Crippen LogP contribution is 2.38. The monoisotopic (exact) mass is 471 g/mol. The van der Waals surface area contributed by atoms with Gasteiger partial charge >= 0.3 is 18.4 Å². The van der Waals surface area contributed by atoms with Crippen molar-refractivity contribution in [2.75, 3.05) is 17.2 Å². The van der Waals surface area contributed by atoms with E-state index in [1.54, 1.807) is 36.7 Å². The summed E-state index contributed by atoms with van der Waals surface area (Å²) < 4.78 is 86.3. The highest BCUT2D eigenvalue weighted by molar-refractivity contribution is 5.99. The van der Waals surface area contributed by atoms with Crippen LogP contribution in [0.3, 0.4) is 0 Å². The number of carbonyl (C=O) groups excluding carboxylic acids is 1. The first kappa shape index (κ1) is 23.7. The van der Waals surface area contributed by atoms with Gasteiger partial charge in [0.15, 0.2) is 6.61 Å². The number of urea groups is 1. The molecule has 0 radical (unpaired) electrons. The van der Waals surface area contributed by atoms with E-state index in [0.29, 0.717) is 29.3 Å². The van der Waals surface area contributed by atoms with Gasteiger partial charge in [-0.15, -0.1) is 0 Å². The van der Waals surface area contributed by atoms with Gasteiger partial charge in [0.25, 0.3) is 0 Å². The second-order valence-corrected chi connectivity index (χ2v) is 6.50. The number of hydrogen-bond acceptors (Lipinski definition) is 4. The van der Waals surface area contributed by atoms with Crippen molar-refractivity contribution in [2.45, 2.75) is 12.4 Å². The van der Waals surface area contributed by atoms with Crippen LogP contribution in [0, 0.1) is 0 Å². The van der Waals surface area contributed by atoms with E-state index in [2.05, 4.69) is 20.4 Å². The molecule has 0 aliphatic rings. The zero-order valence-corrected chi connectivity index (χ0v) is 16.5. The standard InChI is InChI=1S/C21H15F6N3O3/c22-20(23,24)12-32-18-6-3-14(11-17(18)21(25,26)27)30-19(31)29-13-1-4-15(5-2-13)33-16-7-9-28-10-8-16/h1-11H,12H2,(H2,29,30,31). The third-order valence-electron chi connectivity index (χ3n) is 3.93. The van der Waals surface area contributed by atoms with Crippen LogP contribution >= 0.6 is 0 Å². The number of pyridine rings is 1. The van der Waals surface area contributed by atoms with Gasteiger partial charge in [-0.05, 0) is 54.6 Å². The Kier molecular flexibility index (Phi) is 6.95. The molecule has 0 unspecified atom stereocenters. The fourth-order valence-corrected chi connectivity index (χ4v) is 2.56. The van der Waals surface area contributed by atoms with E-state index >= 15 is 0 Å². The molecule has 3 rings (SSSR count). The number of rotatable bonds is 6. The molecule has 1 aromatic heterocycles. The fourth-order valence-electron chi connectivity index (χ4n) is 2.56. The van der Waals surface area contributed by atoms with Crippen LogP contribution in [0.1, 0.15) is 5.56 Å². The summed E-state index contributed by atoms with van der Waals surface area (Å²) in [5, 5.41) is 4.61. The molecule has 1 heterocycles. The first-order valence-electron chi connectivity index (χ1n) is 9.16. The molecule has 0 fully saturated rings. The van der Waals surface area contributed by atoms with Crippen LogP contribution in [0.4, 0.5) is 42.5 Å². The minimum Gasteiger partial charge on any atom is -0.483 e. The van der Waals surface area contributed by atoms with Crippen LogP contribution in [-0.2, 0) is 6.18 Å². The Labute approximate surface area is 183 Å². The van der Waals surface area contributed by atoms with Gasteiger partial charge in [-0.3, -0.25) is 4.98 Å². The molecule has 0 aliphatic heterocycles. The molecule has 2 N–H and O–H groups in total. The van der Waals surface area contributed by atoms with Gasteiger partial charge in [0.2, 0.25) is 0 Å². The van der Waals surface area contributed by atoms with E-state index < -0.39 is 36.3 Å². The third-order valence-corrected chi connectivity index (χ3v) is 3.93. The lowest BCUT2D eigenvalue weighted by atomic mass is 10.1. The van der Waals surface area contributed by atoms with Crippen molar-refractivity contribution in [1.82, 2.24) is 4.98 Å². The molecule has 174 valence electrons. The molecule has 12 heteroatoms. The number of amides is 2. The third kappa shape index (κ3) is 7.30. The van der Waals surface area contributed by atoms with Gasteiger partial charge in [-0.25, -0.2) is 4.79 Å². The number of nitrogens with zero attached hydrogens (tertiary/aromatic N) is 1. The number of aromatic nitrogens is 1. The Morgan fingerprint density at radius 1 is 0.818 bits per heavy atom. The average molecular weight is 471 g/mol. The number of benzene rings is 2. The van der Waals surface area contributed by atoms with Crippen LogP contribution in [0.2, 0.25) is 0 Å². The molecule has 0 saturated heterocycles. The Bertz CT molecular complexity index is 1090. The minimum atomic E-state index is -5.00. The van der Waals surface area contributed by atoms with Crippen LogP contribution in [-0.4, -0.2) is 23.8 Å². The largest absolute Gasteiger partial charge is 0.483 e. The molecular weight excluding hydrogens is 456 g/mol. The maximum atomic E-state index is 13.2. The molecule has 6 nitrogen and oxygen atoms in total. The van der Waals surface area contributed by atoms with Gasteiger partial charge < -0.3 is 20.1 Å². The second kappa shape index (κ2) is 9.67. The second-order valence-electron chi connectivity index (χ2n) is 6.50. The van der Waals surface area contributed by atoms with Gasteiger partial charge in [-0.2, -0.15) is 26.3 Å². The lowest BCUT2D eigenvalue weighted by Gasteiger charge is -2.17. The van der Waals surface area contributed by atoms with Crippen LogP contribution < -0.4 is 20.1 Å². The highest BCUT2D eigenvalue weighted by Gasteiger charge is 2.36. The van der Waals surface area contributed by atoms with Gasteiger partial charge in [-0.1, -0.05) is 0 Å². The average Bonchev–Trinajstić information content (AvgIpc) is 2.73. The molecule has 2 amide bonds. The molecule has 0 atom stereocenters. The molecule has 33 heavy (non-hydrogen) atoms. The molecule has 0 aliphatic carbocycles. The van der Waals surface area contributed by atoms with E-state index in [1.807, 2.05) is 0 Å². The van der Waals surface area contributed by atoms with Crippen LogP contribution in [0.15, 0.2) is 67.0 Å². The minimum absolute atomic E-state index is 0.295. The first-order valence-corrected chi connectivity index (χ1v) is 9.16. The summed E-state index contributed by atoms with van der Waals surface area (Å²) >= 11 is 0. The Morgan fingerprint density at radius 2 is 1.39 bits per heavy atom. The van der Waals surface area contributed by atoms with Crippen molar-refractivity contribution in [1.29, 1.82) is 0 Å². The van der Waals surface area contributed by atoms with E-state index in [-0.39, 0.29) is 5.69 Å². The zero-order chi connectivity index (χ0) is 24.1.